The summed E-state index contributed by atoms with van der Waals surface area (Å²) in [5.41, 5.74) is 5.88. The molecule has 1 heterocycles. The lowest BCUT2D eigenvalue weighted by Gasteiger charge is -2.12. The molecule has 156 valence electrons. The Labute approximate surface area is 194 Å². The summed E-state index contributed by atoms with van der Waals surface area (Å²) in [7, 11) is 0. The van der Waals surface area contributed by atoms with Crippen molar-refractivity contribution in [3.63, 3.8) is 0 Å². The number of carbonyl (C=O) groups is 1. The molecule has 3 aromatic rings. The Morgan fingerprint density at radius 1 is 1.10 bits per heavy atom. The van der Waals surface area contributed by atoms with E-state index in [-0.39, 0.29) is 6.61 Å². The van der Waals surface area contributed by atoms with Crippen LogP contribution in [0.5, 0.6) is 5.75 Å². The predicted molar refractivity (Wildman–Crippen MR) is 123 cm³/mol. The maximum Gasteiger partial charge on any atom is 0.277 e. The zero-order valence-electron chi connectivity index (χ0n) is 16.0. The molecule has 0 saturated carbocycles. The average molecular weight is 485 g/mol. The van der Waals surface area contributed by atoms with Crippen LogP contribution in [0.1, 0.15) is 17.0 Å². The number of halogens is 4. The molecule has 0 spiro atoms. The second kappa shape index (κ2) is 9.75. The van der Waals surface area contributed by atoms with E-state index in [9.17, 15) is 4.79 Å². The quantitative estimate of drug-likeness (QED) is 0.332. The predicted octanol–water partition coefficient (Wildman–Crippen LogP) is 6.24. The van der Waals surface area contributed by atoms with Crippen LogP contribution in [-0.4, -0.2) is 23.3 Å². The van der Waals surface area contributed by atoms with Gasteiger partial charge in [-0.3, -0.25) is 4.79 Å². The van der Waals surface area contributed by atoms with Gasteiger partial charge >= 0.3 is 0 Å². The summed E-state index contributed by atoms with van der Waals surface area (Å²) in [5.74, 6) is -0.0638. The van der Waals surface area contributed by atoms with E-state index in [0.717, 1.165) is 22.6 Å². The molecule has 3 rings (SSSR count). The highest BCUT2D eigenvalue weighted by atomic mass is 35.5. The fourth-order valence-electron chi connectivity index (χ4n) is 2.90. The van der Waals surface area contributed by atoms with Crippen molar-refractivity contribution >= 4 is 58.5 Å². The van der Waals surface area contributed by atoms with Crippen molar-refractivity contribution in [1.29, 1.82) is 0 Å². The number of ether oxygens (including phenoxy) is 1. The first-order valence-corrected chi connectivity index (χ1v) is 10.3. The maximum absolute atomic E-state index is 12.0. The number of hydrogen-bond donors (Lipinski definition) is 1. The normalized spacial score (nSPS) is 11.1. The van der Waals surface area contributed by atoms with Gasteiger partial charge in [-0.15, -0.1) is 0 Å². The van der Waals surface area contributed by atoms with Gasteiger partial charge in [0.05, 0.1) is 27.0 Å². The summed E-state index contributed by atoms with van der Waals surface area (Å²) in [6.07, 6.45) is 1.56. The molecule has 0 atom stereocenters. The Hall–Kier alpha value is -2.18. The highest BCUT2D eigenvalue weighted by Gasteiger charge is 2.14. The number of nitrogens with zero attached hydrogens (tertiary/aromatic N) is 2. The van der Waals surface area contributed by atoms with Gasteiger partial charge in [-0.05, 0) is 50.2 Å². The standard InChI is InChI=1S/C21H17Cl4N3O2/c1-12-8-14(13(2)28(12)18-5-3-4-16(23)21(18)25)10-26-27-20(29)11-30-19-7-6-15(22)9-17(19)24/h3-10H,11H2,1-2H3,(H,27,29)/b26-10+. The second-order valence-electron chi connectivity index (χ2n) is 6.39. The molecule has 2 aromatic carbocycles. The largest absolute Gasteiger partial charge is 0.482 e. The maximum atomic E-state index is 12.0. The van der Waals surface area contributed by atoms with Crippen LogP contribution in [0.15, 0.2) is 47.6 Å². The molecule has 1 aromatic heterocycles. The molecule has 30 heavy (non-hydrogen) atoms. The second-order valence-corrected chi connectivity index (χ2v) is 8.02. The molecule has 0 aliphatic heterocycles. The highest BCUT2D eigenvalue weighted by Crippen LogP contribution is 2.31. The number of hydrogen-bond acceptors (Lipinski definition) is 3. The first kappa shape index (κ1) is 22.5. The van der Waals surface area contributed by atoms with Crippen LogP contribution in [0.25, 0.3) is 5.69 Å². The van der Waals surface area contributed by atoms with Crippen molar-refractivity contribution < 1.29 is 9.53 Å². The lowest BCUT2D eigenvalue weighted by molar-refractivity contribution is -0.123. The topological polar surface area (TPSA) is 55.6 Å². The third-order valence-corrected chi connectivity index (χ3v) is 5.63. The van der Waals surface area contributed by atoms with Crippen molar-refractivity contribution in [3.8, 4) is 11.4 Å². The van der Waals surface area contributed by atoms with E-state index in [0.29, 0.717) is 25.8 Å². The number of carbonyl (C=O) groups excluding carboxylic acids is 1. The molecule has 0 aliphatic carbocycles. The van der Waals surface area contributed by atoms with Crippen LogP contribution < -0.4 is 10.2 Å². The van der Waals surface area contributed by atoms with Crippen LogP contribution >= 0.6 is 46.4 Å². The Kier molecular flexibility index (Phi) is 7.32. The fourth-order valence-corrected chi connectivity index (χ4v) is 3.74. The zero-order chi connectivity index (χ0) is 21.8. The van der Waals surface area contributed by atoms with E-state index < -0.39 is 5.91 Å². The summed E-state index contributed by atoms with van der Waals surface area (Å²) in [4.78, 5) is 12.0. The Morgan fingerprint density at radius 2 is 1.87 bits per heavy atom. The SMILES string of the molecule is Cc1cc(/C=N/NC(=O)COc2ccc(Cl)cc2Cl)c(C)n1-c1cccc(Cl)c1Cl. The van der Waals surface area contributed by atoms with Crippen molar-refractivity contribution in [3.05, 3.63) is 79.5 Å². The van der Waals surface area contributed by atoms with E-state index in [1.165, 1.54) is 6.07 Å². The minimum atomic E-state index is -0.427. The monoisotopic (exact) mass is 483 g/mol. The number of benzene rings is 2. The first-order chi connectivity index (χ1) is 14.3. The smallest absolute Gasteiger partial charge is 0.277 e. The molecular weight excluding hydrogens is 468 g/mol. The van der Waals surface area contributed by atoms with Gasteiger partial charge in [0.15, 0.2) is 6.61 Å². The van der Waals surface area contributed by atoms with E-state index in [4.69, 9.17) is 51.1 Å². The molecule has 5 nitrogen and oxygen atoms in total. The van der Waals surface area contributed by atoms with Gasteiger partial charge in [-0.2, -0.15) is 5.10 Å². The third kappa shape index (κ3) is 5.10. The van der Waals surface area contributed by atoms with Crippen LogP contribution in [0, 0.1) is 13.8 Å². The number of aryl methyl sites for hydroxylation is 1. The molecule has 0 aliphatic rings. The van der Waals surface area contributed by atoms with Gasteiger partial charge < -0.3 is 9.30 Å². The van der Waals surface area contributed by atoms with Gasteiger partial charge in [-0.25, -0.2) is 5.43 Å². The Bertz CT molecular complexity index is 1130. The summed E-state index contributed by atoms with van der Waals surface area (Å²) >= 11 is 24.3. The molecule has 0 saturated heterocycles. The number of aromatic nitrogens is 1. The Morgan fingerprint density at radius 3 is 2.60 bits per heavy atom. The molecular formula is C21H17Cl4N3O2. The van der Waals surface area contributed by atoms with Gasteiger partial charge in [0, 0.05) is 22.0 Å². The minimum Gasteiger partial charge on any atom is -0.482 e. The lowest BCUT2D eigenvalue weighted by atomic mass is 10.2. The highest BCUT2D eigenvalue weighted by molar-refractivity contribution is 6.43. The van der Waals surface area contributed by atoms with E-state index in [1.54, 1.807) is 24.4 Å². The zero-order valence-corrected chi connectivity index (χ0v) is 19.1. The molecule has 0 radical (unpaired) electrons. The van der Waals surface area contributed by atoms with Crippen LogP contribution in [0.4, 0.5) is 0 Å². The van der Waals surface area contributed by atoms with Crippen molar-refractivity contribution in [1.82, 2.24) is 9.99 Å². The van der Waals surface area contributed by atoms with Crippen molar-refractivity contribution in [2.75, 3.05) is 6.61 Å². The molecule has 1 amide bonds. The number of nitrogens with one attached hydrogen (secondary N) is 1. The van der Waals surface area contributed by atoms with Gasteiger partial charge in [0.25, 0.3) is 5.91 Å². The molecule has 0 fully saturated rings. The summed E-state index contributed by atoms with van der Waals surface area (Å²) in [6.45, 7) is 3.64. The lowest BCUT2D eigenvalue weighted by Crippen LogP contribution is -2.24. The van der Waals surface area contributed by atoms with Crippen LogP contribution in [-0.2, 0) is 4.79 Å². The fraction of sp³-hybridized carbons (Fsp3) is 0.143. The van der Waals surface area contributed by atoms with Gasteiger partial charge in [0.2, 0.25) is 0 Å². The Balaban J connectivity index is 1.66. The average Bonchev–Trinajstić information content (AvgIpc) is 2.97. The van der Waals surface area contributed by atoms with E-state index >= 15 is 0 Å². The van der Waals surface area contributed by atoms with Crippen molar-refractivity contribution in [2.45, 2.75) is 13.8 Å². The summed E-state index contributed by atoms with van der Waals surface area (Å²) in [6, 6.07) is 12.2. The number of hydrazone groups is 1. The summed E-state index contributed by atoms with van der Waals surface area (Å²) < 4.78 is 7.35. The first-order valence-electron chi connectivity index (χ1n) is 8.81. The molecule has 9 heteroatoms. The third-order valence-electron chi connectivity index (χ3n) is 4.29. The van der Waals surface area contributed by atoms with Gasteiger partial charge in [0.1, 0.15) is 5.75 Å². The van der Waals surface area contributed by atoms with Crippen LogP contribution in [0.2, 0.25) is 20.1 Å². The number of amides is 1. The van der Waals surface area contributed by atoms with Crippen LogP contribution in [0.3, 0.4) is 0 Å². The van der Waals surface area contributed by atoms with Crippen molar-refractivity contribution in [2.24, 2.45) is 5.10 Å². The molecule has 0 bridgehead atoms. The van der Waals surface area contributed by atoms with E-state index in [2.05, 4.69) is 10.5 Å². The summed E-state index contributed by atoms with van der Waals surface area (Å²) in [5, 5.41) is 5.76. The van der Waals surface area contributed by atoms with Gasteiger partial charge in [-0.1, -0.05) is 52.5 Å². The molecule has 0 unspecified atom stereocenters. The minimum absolute atomic E-state index is 0.240. The number of rotatable bonds is 6. The molecule has 1 N–H and O–H groups in total. The van der Waals surface area contributed by atoms with E-state index in [1.807, 2.05) is 36.6 Å².